The van der Waals surface area contributed by atoms with E-state index in [9.17, 15) is 9.59 Å². The minimum absolute atomic E-state index is 0.112. The number of methoxy groups -OCH3 is 2. The van der Waals surface area contributed by atoms with Gasteiger partial charge in [-0.15, -0.1) is 0 Å². The average Bonchev–Trinajstić information content (AvgIpc) is 3.29. The van der Waals surface area contributed by atoms with Crippen molar-refractivity contribution < 1.29 is 23.8 Å². The number of nitrogens with one attached hydrogen (secondary N) is 1. The van der Waals surface area contributed by atoms with Crippen LogP contribution in [-0.4, -0.2) is 42.8 Å². The lowest BCUT2D eigenvalue weighted by molar-refractivity contribution is -0.139. The Morgan fingerprint density at radius 2 is 1.86 bits per heavy atom. The van der Waals surface area contributed by atoms with Crippen molar-refractivity contribution in [3.63, 3.8) is 0 Å². The second kappa shape index (κ2) is 11.6. The normalized spacial score (nSPS) is 17.4. The molecule has 1 N–H and O–H groups in total. The number of fused-ring (bicyclic) bond motifs is 1. The molecule has 2 atom stereocenters. The molecule has 37 heavy (non-hydrogen) atoms. The van der Waals surface area contributed by atoms with Gasteiger partial charge in [0, 0.05) is 11.3 Å². The largest absolute Gasteiger partial charge is 0.493 e. The lowest BCUT2D eigenvalue weighted by Gasteiger charge is -2.37. The quantitative estimate of drug-likeness (QED) is 0.459. The molecule has 8 nitrogen and oxygen atoms in total. The number of amidine groups is 1. The number of esters is 1. The first-order valence-corrected chi connectivity index (χ1v) is 12.9. The van der Waals surface area contributed by atoms with Gasteiger partial charge in [0.15, 0.2) is 16.7 Å². The number of hydrogen-bond acceptors (Lipinski definition) is 8. The van der Waals surface area contributed by atoms with E-state index >= 15 is 0 Å². The summed E-state index contributed by atoms with van der Waals surface area (Å²) in [7, 11) is 3.13. The van der Waals surface area contributed by atoms with E-state index in [0.29, 0.717) is 33.5 Å². The summed E-state index contributed by atoms with van der Waals surface area (Å²) in [5, 5.41) is 5.66. The first-order valence-electron chi connectivity index (χ1n) is 12.1. The van der Waals surface area contributed by atoms with E-state index in [4.69, 9.17) is 19.2 Å². The van der Waals surface area contributed by atoms with Gasteiger partial charge in [0.1, 0.15) is 0 Å². The minimum Gasteiger partial charge on any atom is -0.493 e. The van der Waals surface area contributed by atoms with Crippen molar-refractivity contribution in [3.05, 3.63) is 82.0 Å². The predicted molar refractivity (Wildman–Crippen MR) is 144 cm³/mol. The number of thioether (sulfide) groups is 1. The molecule has 0 bridgehead atoms. The van der Waals surface area contributed by atoms with Gasteiger partial charge in [0.05, 0.1) is 50.6 Å². The van der Waals surface area contributed by atoms with Crippen LogP contribution in [0.4, 0.5) is 0 Å². The van der Waals surface area contributed by atoms with E-state index in [1.54, 1.807) is 34.1 Å². The summed E-state index contributed by atoms with van der Waals surface area (Å²) in [6, 6.07) is 14.6. The fourth-order valence-corrected chi connectivity index (χ4v) is 5.51. The van der Waals surface area contributed by atoms with Gasteiger partial charge in [0.2, 0.25) is 5.91 Å². The number of benzene rings is 2. The molecule has 0 aliphatic carbocycles. The molecule has 9 heteroatoms. The summed E-state index contributed by atoms with van der Waals surface area (Å²) >= 11 is 1.42. The third kappa shape index (κ3) is 5.36. The van der Waals surface area contributed by atoms with E-state index in [1.807, 2.05) is 59.7 Å². The third-order valence-corrected chi connectivity index (χ3v) is 7.13. The van der Waals surface area contributed by atoms with Crippen molar-refractivity contribution in [2.75, 3.05) is 20.8 Å². The molecule has 0 fully saturated rings. The number of hydrogen-bond donors (Lipinski definition) is 1. The Morgan fingerprint density at radius 3 is 2.54 bits per heavy atom. The van der Waals surface area contributed by atoms with Crippen LogP contribution in [0, 0.1) is 0 Å². The minimum atomic E-state index is -0.614. The highest BCUT2D eigenvalue weighted by Gasteiger charge is 2.42. The van der Waals surface area contributed by atoms with E-state index in [2.05, 4.69) is 5.32 Å². The Balaban J connectivity index is 1.70. The van der Waals surface area contributed by atoms with E-state index in [-0.39, 0.29) is 25.0 Å². The maximum Gasteiger partial charge on any atom is 0.338 e. The van der Waals surface area contributed by atoms with E-state index in [0.717, 1.165) is 11.3 Å². The molecule has 2 heterocycles. The fourth-order valence-electron chi connectivity index (χ4n) is 4.54. The van der Waals surface area contributed by atoms with Gasteiger partial charge < -0.3 is 24.4 Å². The summed E-state index contributed by atoms with van der Waals surface area (Å²) in [6.07, 6.45) is 0.112. The van der Waals surface area contributed by atoms with Crippen molar-refractivity contribution in [1.82, 2.24) is 10.2 Å². The van der Waals surface area contributed by atoms with Crippen molar-refractivity contribution in [2.24, 2.45) is 4.99 Å². The van der Waals surface area contributed by atoms with Crippen LogP contribution < -0.4 is 14.8 Å². The Bertz CT molecular complexity index is 1270. The number of ether oxygens (including phenoxy) is 3. The Hall–Kier alpha value is -3.72. The van der Waals surface area contributed by atoms with E-state index in [1.165, 1.54) is 11.8 Å². The van der Waals surface area contributed by atoms with Gasteiger partial charge in [-0.05, 0) is 37.8 Å². The predicted octanol–water partition coefficient (Wildman–Crippen LogP) is 5.11. The maximum atomic E-state index is 13.2. The van der Waals surface area contributed by atoms with Crippen LogP contribution in [0.1, 0.15) is 50.4 Å². The van der Waals surface area contributed by atoms with Crippen LogP contribution in [0.2, 0.25) is 0 Å². The Morgan fingerprint density at radius 1 is 1.11 bits per heavy atom. The van der Waals surface area contributed by atoms with Gasteiger partial charge in [0.25, 0.3) is 0 Å². The molecule has 4 rings (SSSR count). The highest BCUT2D eigenvalue weighted by atomic mass is 32.2. The lowest BCUT2D eigenvalue weighted by Crippen LogP contribution is -2.38. The molecule has 0 spiro atoms. The second-order valence-electron chi connectivity index (χ2n) is 8.57. The zero-order valence-electron chi connectivity index (χ0n) is 21.6. The number of allylic oxidation sites excluding steroid dienone is 1. The highest BCUT2D eigenvalue weighted by molar-refractivity contribution is 8.16. The molecular formula is C28H31N3O5S. The number of para-hydroxylation sites is 1. The van der Waals surface area contributed by atoms with Crippen molar-refractivity contribution in [3.8, 4) is 11.5 Å². The fraction of sp³-hybridized carbons (Fsp3) is 0.321. The van der Waals surface area contributed by atoms with Crippen molar-refractivity contribution >= 4 is 28.8 Å². The van der Waals surface area contributed by atoms with Crippen LogP contribution in [0.3, 0.4) is 0 Å². The molecule has 0 aromatic heterocycles. The van der Waals surface area contributed by atoms with Gasteiger partial charge in [-0.1, -0.05) is 54.2 Å². The van der Waals surface area contributed by atoms with Crippen LogP contribution in [0.25, 0.3) is 0 Å². The van der Waals surface area contributed by atoms with Crippen LogP contribution in [0.15, 0.2) is 75.9 Å². The molecule has 2 aromatic rings. The molecule has 2 aliphatic heterocycles. The number of carbonyl (C=O) groups excluding carboxylic acids is 2. The topological polar surface area (TPSA) is 89.5 Å². The van der Waals surface area contributed by atoms with Crippen LogP contribution >= 0.6 is 11.8 Å². The SMILES string of the molecule is CCOC(=O)C1=C(C)N=C2SC=C(CC(=O)N[C@@H](C)c3ccccc3)N2[C@H]1c1cccc(OC)c1OC. The second-order valence-corrected chi connectivity index (χ2v) is 9.41. The molecular weight excluding hydrogens is 490 g/mol. The standard InChI is InChI=1S/C28H31N3O5S/c1-6-36-27(33)24-18(3)30-28-31(25(24)21-13-10-14-22(34-4)26(21)35-5)20(16-37-28)15-23(32)29-17(2)19-11-8-7-9-12-19/h7-14,16-17,25H,6,15H2,1-5H3,(H,29,32)/t17-,25-/m0/s1. The summed E-state index contributed by atoms with van der Waals surface area (Å²) in [4.78, 5) is 33.0. The molecule has 0 radical (unpaired) electrons. The molecule has 0 saturated carbocycles. The van der Waals surface area contributed by atoms with Gasteiger partial charge in [-0.2, -0.15) is 0 Å². The zero-order valence-corrected chi connectivity index (χ0v) is 22.4. The first kappa shape index (κ1) is 26.3. The van der Waals surface area contributed by atoms with Crippen molar-refractivity contribution in [2.45, 2.75) is 39.3 Å². The molecule has 0 saturated heterocycles. The molecule has 2 aliphatic rings. The summed E-state index contributed by atoms with van der Waals surface area (Å²) in [5.41, 5.74) is 3.41. The Labute approximate surface area is 221 Å². The molecule has 2 aromatic carbocycles. The number of nitrogens with zero attached hydrogens (tertiary/aromatic N) is 2. The number of aliphatic imine (C=N–C) groups is 1. The summed E-state index contributed by atoms with van der Waals surface area (Å²) in [5.74, 6) is 0.446. The van der Waals surface area contributed by atoms with Gasteiger partial charge >= 0.3 is 5.97 Å². The van der Waals surface area contributed by atoms with Gasteiger partial charge in [-0.25, -0.2) is 9.79 Å². The average molecular weight is 522 g/mol. The van der Waals surface area contributed by atoms with Crippen LogP contribution in [-0.2, 0) is 14.3 Å². The maximum absolute atomic E-state index is 13.2. The third-order valence-electron chi connectivity index (χ3n) is 6.24. The van der Waals surface area contributed by atoms with Crippen molar-refractivity contribution in [1.29, 1.82) is 0 Å². The summed E-state index contributed by atoms with van der Waals surface area (Å²) < 4.78 is 16.7. The lowest BCUT2D eigenvalue weighted by atomic mass is 9.92. The number of amides is 1. The first-order chi connectivity index (χ1) is 17.9. The number of rotatable bonds is 9. The highest BCUT2D eigenvalue weighted by Crippen LogP contribution is 2.48. The zero-order chi connectivity index (χ0) is 26.5. The summed E-state index contributed by atoms with van der Waals surface area (Å²) in [6.45, 7) is 5.74. The molecule has 1 amide bonds. The smallest absolute Gasteiger partial charge is 0.338 e. The van der Waals surface area contributed by atoms with E-state index < -0.39 is 12.0 Å². The van der Waals surface area contributed by atoms with Gasteiger partial charge in [-0.3, -0.25) is 4.79 Å². The molecule has 194 valence electrons. The monoisotopic (exact) mass is 521 g/mol. The molecule has 0 unspecified atom stereocenters. The Kier molecular flexibility index (Phi) is 8.23. The van der Waals surface area contributed by atoms with Crippen LogP contribution in [0.5, 0.6) is 11.5 Å². The number of carbonyl (C=O) groups is 2.